The van der Waals surface area contributed by atoms with Gasteiger partial charge in [-0.05, 0) is 35.9 Å². The summed E-state index contributed by atoms with van der Waals surface area (Å²) in [5.41, 5.74) is 1.87. The Hall–Kier alpha value is -2.47. The average Bonchev–Trinajstić information content (AvgIpc) is 2.68. The number of rotatable bonds is 3. The molecule has 0 saturated carbocycles. The quantitative estimate of drug-likeness (QED) is 0.425. The first-order valence-electron chi connectivity index (χ1n) is 8.47. The Balaban J connectivity index is 2.06. The molecular weight excluding hydrogens is 412 g/mol. The summed E-state index contributed by atoms with van der Waals surface area (Å²) in [6.45, 7) is 0. The highest BCUT2D eigenvalue weighted by atomic mass is 35.5. The molecule has 4 aromatic rings. The predicted octanol–water partition coefficient (Wildman–Crippen LogP) is 5.65. The van der Waals surface area contributed by atoms with Crippen LogP contribution in [0.25, 0.3) is 31.7 Å². The van der Waals surface area contributed by atoms with E-state index in [2.05, 4.69) is 0 Å². The summed E-state index contributed by atoms with van der Waals surface area (Å²) in [4.78, 5) is 14.4. The SMILES string of the molecule is CS(=O)(=O)c1ccc(-c2sc3ccccc3c(=O)c2-c2ccccc2Cl)cc1. The molecule has 0 N–H and O–H groups in total. The summed E-state index contributed by atoms with van der Waals surface area (Å²) < 4.78 is 24.4. The average molecular weight is 427 g/mol. The van der Waals surface area contributed by atoms with E-state index in [0.717, 1.165) is 15.1 Å². The zero-order valence-electron chi connectivity index (χ0n) is 14.8. The van der Waals surface area contributed by atoms with Crippen LogP contribution in [0.1, 0.15) is 0 Å². The molecule has 0 unspecified atom stereocenters. The summed E-state index contributed by atoms with van der Waals surface area (Å²) in [6.07, 6.45) is 1.17. The summed E-state index contributed by atoms with van der Waals surface area (Å²) in [7, 11) is -3.29. The Morgan fingerprint density at radius 2 is 1.50 bits per heavy atom. The van der Waals surface area contributed by atoms with Gasteiger partial charge in [0, 0.05) is 37.4 Å². The Labute approximate surface area is 171 Å². The molecule has 0 bridgehead atoms. The molecular formula is C22H15ClO3S2. The fourth-order valence-electron chi connectivity index (χ4n) is 3.11. The number of hydrogen-bond acceptors (Lipinski definition) is 4. The normalized spacial score (nSPS) is 11.6. The van der Waals surface area contributed by atoms with Crippen LogP contribution in [0.2, 0.25) is 5.02 Å². The van der Waals surface area contributed by atoms with Gasteiger partial charge in [-0.2, -0.15) is 0 Å². The van der Waals surface area contributed by atoms with Crippen LogP contribution in [0.5, 0.6) is 0 Å². The third kappa shape index (κ3) is 3.37. The molecule has 0 radical (unpaired) electrons. The van der Waals surface area contributed by atoms with Gasteiger partial charge in [-0.25, -0.2) is 8.42 Å². The van der Waals surface area contributed by atoms with E-state index in [0.29, 0.717) is 21.5 Å². The lowest BCUT2D eigenvalue weighted by Gasteiger charge is -2.12. The summed E-state index contributed by atoms with van der Waals surface area (Å²) in [5, 5.41) is 1.13. The Kier molecular flexibility index (Phi) is 4.83. The molecule has 0 fully saturated rings. The molecule has 4 rings (SSSR count). The maximum absolute atomic E-state index is 13.4. The van der Waals surface area contributed by atoms with Crippen molar-refractivity contribution in [3.8, 4) is 21.6 Å². The number of sulfone groups is 1. The van der Waals surface area contributed by atoms with Gasteiger partial charge >= 0.3 is 0 Å². The van der Waals surface area contributed by atoms with Crippen molar-refractivity contribution >= 4 is 42.9 Å². The van der Waals surface area contributed by atoms with Crippen molar-refractivity contribution < 1.29 is 8.42 Å². The van der Waals surface area contributed by atoms with E-state index in [-0.39, 0.29) is 10.3 Å². The van der Waals surface area contributed by atoms with E-state index in [9.17, 15) is 13.2 Å². The lowest BCUT2D eigenvalue weighted by atomic mass is 10.0. The molecule has 0 aliphatic rings. The van der Waals surface area contributed by atoms with E-state index in [1.165, 1.54) is 17.6 Å². The molecule has 0 aliphatic carbocycles. The van der Waals surface area contributed by atoms with Crippen molar-refractivity contribution in [1.29, 1.82) is 0 Å². The summed E-state index contributed by atoms with van der Waals surface area (Å²) in [5.74, 6) is 0. The van der Waals surface area contributed by atoms with Gasteiger partial charge in [-0.3, -0.25) is 4.79 Å². The Morgan fingerprint density at radius 3 is 2.18 bits per heavy atom. The standard InChI is InChI=1S/C22H15ClO3S2/c1-28(25,26)15-12-10-14(11-13-15)22-20(16-6-2-4-8-18(16)23)21(24)17-7-3-5-9-19(17)27-22/h2-13H,1H3. The van der Waals surface area contributed by atoms with Gasteiger partial charge in [0.15, 0.2) is 15.3 Å². The number of hydrogen-bond donors (Lipinski definition) is 0. The van der Waals surface area contributed by atoms with E-state index in [4.69, 9.17) is 11.6 Å². The number of halogens is 1. The fourth-order valence-corrected chi connectivity index (χ4v) is 5.16. The molecule has 6 heteroatoms. The molecule has 1 aromatic heterocycles. The maximum Gasteiger partial charge on any atom is 0.196 e. The lowest BCUT2D eigenvalue weighted by molar-refractivity contribution is 0.602. The van der Waals surface area contributed by atoms with Gasteiger partial charge in [-0.15, -0.1) is 11.3 Å². The van der Waals surface area contributed by atoms with Gasteiger partial charge in [0.05, 0.1) is 4.90 Å². The van der Waals surface area contributed by atoms with Crippen molar-refractivity contribution in [2.24, 2.45) is 0 Å². The van der Waals surface area contributed by atoms with Gasteiger partial charge in [-0.1, -0.05) is 54.1 Å². The molecule has 0 atom stereocenters. The minimum absolute atomic E-state index is 0.0929. The molecule has 0 aliphatic heterocycles. The van der Waals surface area contributed by atoms with Crippen molar-refractivity contribution in [2.45, 2.75) is 4.90 Å². The van der Waals surface area contributed by atoms with Crippen molar-refractivity contribution in [1.82, 2.24) is 0 Å². The zero-order valence-corrected chi connectivity index (χ0v) is 17.2. The summed E-state index contributed by atoms with van der Waals surface area (Å²) >= 11 is 7.90. The largest absolute Gasteiger partial charge is 0.288 e. The second-order valence-electron chi connectivity index (χ2n) is 6.41. The van der Waals surface area contributed by atoms with Gasteiger partial charge in [0.1, 0.15) is 0 Å². The van der Waals surface area contributed by atoms with Crippen LogP contribution in [-0.4, -0.2) is 14.7 Å². The third-order valence-electron chi connectivity index (χ3n) is 4.49. The molecule has 0 saturated heterocycles. The van der Waals surface area contributed by atoms with E-state index in [1.807, 2.05) is 42.5 Å². The molecule has 3 aromatic carbocycles. The fraction of sp³-hybridized carbons (Fsp3) is 0.0455. The van der Waals surface area contributed by atoms with Crippen molar-refractivity contribution in [3.05, 3.63) is 88.0 Å². The smallest absolute Gasteiger partial charge is 0.196 e. The minimum Gasteiger partial charge on any atom is -0.288 e. The van der Waals surface area contributed by atoms with Crippen LogP contribution in [0.4, 0.5) is 0 Å². The summed E-state index contributed by atoms with van der Waals surface area (Å²) in [6, 6.07) is 21.3. The topological polar surface area (TPSA) is 51.2 Å². The monoisotopic (exact) mass is 426 g/mol. The second-order valence-corrected chi connectivity index (χ2v) is 9.88. The highest BCUT2D eigenvalue weighted by Crippen LogP contribution is 2.39. The molecule has 3 nitrogen and oxygen atoms in total. The van der Waals surface area contributed by atoms with Gasteiger partial charge in [0.25, 0.3) is 0 Å². The van der Waals surface area contributed by atoms with Crippen molar-refractivity contribution in [2.75, 3.05) is 6.26 Å². The first-order valence-corrected chi connectivity index (χ1v) is 11.6. The second kappa shape index (κ2) is 7.17. The Morgan fingerprint density at radius 1 is 0.857 bits per heavy atom. The lowest BCUT2D eigenvalue weighted by Crippen LogP contribution is -2.06. The molecule has 1 heterocycles. The van der Waals surface area contributed by atoms with E-state index in [1.54, 1.807) is 30.3 Å². The van der Waals surface area contributed by atoms with E-state index >= 15 is 0 Å². The first kappa shape index (κ1) is 18.9. The molecule has 140 valence electrons. The molecule has 28 heavy (non-hydrogen) atoms. The third-order valence-corrected chi connectivity index (χ3v) is 7.16. The first-order chi connectivity index (χ1) is 13.4. The van der Waals surface area contributed by atoms with Crippen molar-refractivity contribution in [3.63, 3.8) is 0 Å². The number of fused-ring (bicyclic) bond motifs is 1. The van der Waals surface area contributed by atoms with Crippen LogP contribution in [0.3, 0.4) is 0 Å². The minimum atomic E-state index is -3.29. The van der Waals surface area contributed by atoms with Crippen LogP contribution < -0.4 is 5.43 Å². The number of benzene rings is 3. The Bertz CT molecular complexity index is 1350. The van der Waals surface area contributed by atoms with Crippen LogP contribution >= 0.6 is 22.9 Å². The molecule has 0 spiro atoms. The van der Waals surface area contributed by atoms with Crippen LogP contribution in [0.15, 0.2) is 82.5 Å². The highest BCUT2D eigenvalue weighted by Gasteiger charge is 2.18. The zero-order chi connectivity index (χ0) is 19.9. The van der Waals surface area contributed by atoms with Gasteiger partial charge < -0.3 is 0 Å². The predicted molar refractivity (Wildman–Crippen MR) is 117 cm³/mol. The van der Waals surface area contributed by atoms with Crippen LogP contribution in [-0.2, 0) is 9.84 Å². The van der Waals surface area contributed by atoms with Gasteiger partial charge in [0.2, 0.25) is 0 Å². The van der Waals surface area contributed by atoms with E-state index < -0.39 is 9.84 Å². The highest BCUT2D eigenvalue weighted by molar-refractivity contribution is 7.90. The maximum atomic E-state index is 13.4. The molecule has 0 amide bonds. The van der Waals surface area contributed by atoms with Crippen LogP contribution in [0, 0.1) is 0 Å².